The molecule has 3 rings (SSSR count). The Morgan fingerprint density at radius 2 is 1.07 bits per heavy atom. The number of guanidine groups is 1. The van der Waals surface area contributed by atoms with E-state index in [4.69, 9.17) is 22.9 Å². The molecule has 0 unspecified atom stereocenters. The number of aliphatic hydroxyl groups excluding tert-OH is 2. The number of nitrogens with zero attached hydrogens (tertiary/aromatic N) is 2. The molecule has 2 aromatic carbocycles. The minimum absolute atomic E-state index is 0.0229. The van der Waals surface area contributed by atoms with Gasteiger partial charge in [-0.05, 0) is 106 Å². The van der Waals surface area contributed by atoms with E-state index in [2.05, 4.69) is 42.2 Å². The van der Waals surface area contributed by atoms with E-state index in [1.165, 1.54) is 48.5 Å². The molecule has 1 aliphatic heterocycles. The molecule has 0 bridgehead atoms. The van der Waals surface area contributed by atoms with E-state index >= 15 is 0 Å². The number of hydrogen-bond donors (Lipinski definition) is 17. The van der Waals surface area contributed by atoms with Gasteiger partial charge in [0.1, 0.15) is 65.9 Å². The summed E-state index contributed by atoms with van der Waals surface area (Å²) in [6, 6.07) is -2.02. The lowest BCUT2D eigenvalue weighted by atomic mass is 10.00. The number of amides is 8. The van der Waals surface area contributed by atoms with Crippen LogP contribution in [0.4, 0.5) is 0 Å². The van der Waals surface area contributed by atoms with E-state index in [1.54, 1.807) is 13.8 Å². The average Bonchev–Trinajstić information content (AvgIpc) is 4.00. The molecule has 1 heterocycles. The normalized spacial score (nSPS) is 15.9. The van der Waals surface area contributed by atoms with Gasteiger partial charge in [-0.3, -0.25) is 48.1 Å². The van der Waals surface area contributed by atoms with Gasteiger partial charge in [0.15, 0.2) is 5.96 Å². The zero-order chi connectivity index (χ0) is 60.3. The summed E-state index contributed by atoms with van der Waals surface area (Å²) in [4.78, 5) is 140. The van der Waals surface area contributed by atoms with E-state index in [9.17, 15) is 78.6 Å². The lowest BCUT2D eigenvalue weighted by Gasteiger charge is -2.30. The van der Waals surface area contributed by atoms with Crippen LogP contribution >= 0.6 is 0 Å². The number of nitrogens with one attached hydrogen (secondary N) is 7. The third kappa shape index (κ3) is 23.2. The van der Waals surface area contributed by atoms with Gasteiger partial charge in [0, 0.05) is 32.4 Å². The zero-order valence-corrected chi connectivity index (χ0v) is 45.4. The van der Waals surface area contributed by atoms with Crippen LogP contribution in [-0.4, -0.2) is 188 Å². The largest absolute Gasteiger partial charge is 0.508 e. The molecule has 0 radical (unpaired) electrons. The first kappa shape index (κ1) is 67.1. The number of aromatic hydroxyl groups is 2. The van der Waals surface area contributed by atoms with E-state index < -0.39 is 140 Å². The molecule has 9 atom stereocenters. The Morgan fingerprint density at radius 3 is 1.57 bits per heavy atom. The fourth-order valence-corrected chi connectivity index (χ4v) is 8.60. The summed E-state index contributed by atoms with van der Waals surface area (Å²) in [7, 11) is 0. The highest BCUT2D eigenvalue weighted by molar-refractivity contribution is 5.98. The summed E-state index contributed by atoms with van der Waals surface area (Å²) in [6.07, 6.45) is -0.637. The van der Waals surface area contributed by atoms with Crippen LogP contribution in [0.2, 0.25) is 0 Å². The number of aliphatic hydroxyl groups is 2. The molecule has 1 fully saturated rings. The van der Waals surface area contributed by atoms with Gasteiger partial charge in [0.25, 0.3) is 0 Å². The monoisotopic (exact) mass is 1140 g/mol. The molecule has 0 aliphatic carbocycles. The number of hydrogen-bond acceptors (Lipinski definition) is 17. The number of aliphatic imine (C=N–C) groups is 1. The summed E-state index contributed by atoms with van der Waals surface area (Å²) in [6.45, 7) is 1.96. The molecule has 29 heteroatoms. The molecule has 29 nitrogen and oxygen atoms in total. The van der Waals surface area contributed by atoms with Crippen molar-refractivity contribution in [2.24, 2.45) is 33.8 Å². The van der Waals surface area contributed by atoms with Crippen LogP contribution in [0.15, 0.2) is 53.5 Å². The van der Waals surface area contributed by atoms with E-state index in [-0.39, 0.29) is 94.4 Å². The number of unbranched alkanes of at least 4 members (excludes halogenated alkanes) is 1. The number of carboxylic acids is 2. The molecule has 1 saturated heterocycles. The van der Waals surface area contributed by atoms with Gasteiger partial charge >= 0.3 is 11.9 Å². The molecular formula is C52H79N13O16. The average molecular weight is 1140 g/mol. The Balaban J connectivity index is 1.93. The first-order valence-electron chi connectivity index (χ1n) is 26.5. The fourth-order valence-electron chi connectivity index (χ4n) is 8.60. The quantitative estimate of drug-likeness (QED) is 0.0177. The number of benzene rings is 2. The van der Waals surface area contributed by atoms with Crippen LogP contribution in [-0.2, 0) is 60.8 Å². The van der Waals surface area contributed by atoms with Gasteiger partial charge < -0.3 is 95.7 Å². The van der Waals surface area contributed by atoms with E-state index in [1.807, 2.05) is 0 Å². The van der Waals surface area contributed by atoms with Crippen molar-refractivity contribution in [3.63, 3.8) is 0 Å². The van der Waals surface area contributed by atoms with Crippen molar-refractivity contribution in [2.45, 2.75) is 145 Å². The van der Waals surface area contributed by atoms with Crippen LogP contribution in [0.3, 0.4) is 0 Å². The highest BCUT2D eigenvalue weighted by atomic mass is 16.4. The number of likely N-dealkylation sites (tertiary alicyclic amines) is 1. The Morgan fingerprint density at radius 1 is 0.605 bits per heavy atom. The van der Waals surface area contributed by atoms with Crippen molar-refractivity contribution in [2.75, 3.05) is 32.8 Å². The van der Waals surface area contributed by atoms with Crippen LogP contribution in [0.5, 0.6) is 11.5 Å². The molecule has 0 saturated carbocycles. The Kier molecular flexibility index (Phi) is 28.3. The molecule has 0 spiro atoms. The SMILES string of the molecule is CC(C)C[C@H](NC(=O)[C@@H](N)CO)C(=O)N[C@@H](Cc1ccc(O)cc1)C(=O)N[C@@H](CCCN=C(N)N)C(=O)N[C@@H](CO)C(=O)N1CCC[C@H]1C(=O)N[C@@H](Cc1ccc(O)cc1)C(=O)N[C@@H](CCC(=O)O)C(=O)N[C@@H](CCCCN)C(=O)O. The second-order valence-corrected chi connectivity index (χ2v) is 20.0. The number of carboxylic acid groups (broad SMARTS) is 2. The summed E-state index contributed by atoms with van der Waals surface area (Å²) in [5.41, 5.74) is 23.1. The summed E-state index contributed by atoms with van der Waals surface area (Å²) in [5, 5.41) is 76.7. The van der Waals surface area contributed by atoms with Crippen LogP contribution in [0, 0.1) is 5.92 Å². The number of carbonyl (C=O) groups is 10. The number of phenolic OH excluding ortho intramolecular Hbond substituents is 2. The maximum absolute atomic E-state index is 14.3. The van der Waals surface area contributed by atoms with Gasteiger partial charge in [-0.1, -0.05) is 38.1 Å². The molecule has 21 N–H and O–H groups in total. The van der Waals surface area contributed by atoms with Gasteiger partial charge in [0.05, 0.1) is 13.2 Å². The smallest absolute Gasteiger partial charge is 0.326 e. The molecular weight excluding hydrogens is 1060 g/mol. The van der Waals surface area contributed by atoms with Crippen molar-refractivity contribution in [1.29, 1.82) is 0 Å². The number of phenols is 2. The van der Waals surface area contributed by atoms with Crippen molar-refractivity contribution in [3.05, 3.63) is 59.7 Å². The Bertz CT molecular complexity index is 2480. The minimum Gasteiger partial charge on any atom is -0.508 e. The number of rotatable bonds is 35. The summed E-state index contributed by atoms with van der Waals surface area (Å²) in [5.74, 6) is -10.8. The topological polar surface area (TPSA) is 496 Å². The van der Waals surface area contributed by atoms with Gasteiger partial charge in [-0.15, -0.1) is 0 Å². The van der Waals surface area contributed by atoms with Crippen LogP contribution in [0.25, 0.3) is 0 Å². The first-order chi connectivity index (χ1) is 38.4. The van der Waals surface area contributed by atoms with Crippen LogP contribution in [0.1, 0.15) is 89.2 Å². The maximum Gasteiger partial charge on any atom is 0.326 e. The van der Waals surface area contributed by atoms with Crippen molar-refractivity contribution in [3.8, 4) is 11.5 Å². The Labute approximate surface area is 467 Å². The third-order valence-electron chi connectivity index (χ3n) is 12.9. The predicted molar refractivity (Wildman–Crippen MR) is 291 cm³/mol. The van der Waals surface area contributed by atoms with E-state index in [0.29, 0.717) is 24.0 Å². The zero-order valence-electron chi connectivity index (χ0n) is 45.4. The number of nitrogens with two attached hydrogens (primary N) is 4. The Hall–Kier alpha value is -8.15. The third-order valence-corrected chi connectivity index (χ3v) is 12.9. The summed E-state index contributed by atoms with van der Waals surface area (Å²) >= 11 is 0. The highest BCUT2D eigenvalue weighted by Crippen LogP contribution is 2.21. The van der Waals surface area contributed by atoms with Crippen LogP contribution < -0.4 is 60.2 Å². The lowest BCUT2D eigenvalue weighted by Crippen LogP contribution is -2.61. The standard InChI is InChI=1S/C52H79N13O16/c1-28(2)23-37(61-43(72)33(54)26-66)46(75)62-38(24-29-10-14-31(68)15-11-29)47(76)58-34(8-5-21-57-52(55)56)44(73)64-40(27-67)50(79)65-22-6-9-41(65)49(78)63-39(25-30-12-16-32(69)17-13-30)48(77)59-35(18-19-42(70)71)45(74)60-36(51(80)81)7-3-4-20-53/h10-17,28,33-41,66-69H,3-9,18-27,53-54H2,1-2H3,(H,58,76)(H,59,77)(H,60,74)(H,61,72)(H,62,75)(H,63,78)(H,64,73)(H,70,71)(H,80,81)(H4,55,56,57)/t33-,34-,35-,36-,37-,38-,39-,40-,41-/m0/s1. The fraction of sp³-hybridized carbons (Fsp3) is 0.558. The van der Waals surface area contributed by atoms with Crippen molar-refractivity contribution in [1.82, 2.24) is 42.1 Å². The van der Waals surface area contributed by atoms with Gasteiger partial charge in [-0.2, -0.15) is 0 Å². The molecule has 1 aliphatic rings. The first-order valence-corrected chi connectivity index (χ1v) is 26.5. The van der Waals surface area contributed by atoms with Gasteiger partial charge in [-0.25, -0.2) is 4.79 Å². The summed E-state index contributed by atoms with van der Waals surface area (Å²) < 4.78 is 0. The minimum atomic E-state index is -1.74. The molecule has 0 aromatic heterocycles. The number of aliphatic carboxylic acids is 2. The van der Waals surface area contributed by atoms with Crippen molar-refractivity contribution >= 4 is 65.2 Å². The predicted octanol–water partition coefficient (Wildman–Crippen LogP) is -4.24. The second kappa shape index (κ2) is 34.1. The molecule has 2 aromatic rings. The molecule has 81 heavy (non-hydrogen) atoms. The van der Waals surface area contributed by atoms with Gasteiger partial charge in [0.2, 0.25) is 47.3 Å². The van der Waals surface area contributed by atoms with Crippen molar-refractivity contribution < 1.29 is 78.6 Å². The molecule has 448 valence electrons. The lowest BCUT2D eigenvalue weighted by molar-refractivity contribution is -0.144. The second-order valence-electron chi connectivity index (χ2n) is 20.0. The maximum atomic E-state index is 14.3. The molecule has 8 amide bonds. The van der Waals surface area contributed by atoms with E-state index in [0.717, 1.165) is 4.90 Å². The highest BCUT2D eigenvalue weighted by Gasteiger charge is 2.40. The number of carbonyl (C=O) groups excluding carboxylic acids is 8.